The maximum atomic E-state index is 13.3. The van der Waals surface area contributed by atoms with Crippen molar-refractivity contribution in [3.05, 3.63) is 66.0 Å². The largest absolute Gasteiger partial charge is 0.344 e. The zero-order chi connectivity index (χ0) is 25.3. The van der Waals surface area contributed by atoms with E-state index in [-0.39, 0.29) is 26.1 Å². The van der Waals surface area contributed by atoms with Crippen molar-refractivity contribution in [3.8, 4) is 0 Å². The third kappa shape index (κ3) is 8.13. The minimum atomic E-state index is -2.80. The zero-order valence-electron chi connectivity index (χ0n) is 19.0. The second-order valence-electron chi connectivity index (χ2n) is 8.18. The molecule has 0 saturated carbocycles. The lowest BCUT2D eigenvalue weighted by Gasteiger charge is -2.31. The molecule has 1 aliphatic rings. The van der Waals surface area contributed by atoms with Crippen molar-refractivity contribution in [2.75, 3.05) is 19.6 Å². The first kappa shape index (κ1) is 25.7. The van der Waals surface area contributed by atoms with E-state index in [0.717, 1.165) is 5.56 Å². The monoisotopic (exact) mass is 487 g/mol. The Balaban J connectivity index is 1.56. The predicted octanol–water partition coefficient (Wildman–Crippen LogP) is 1.44. The first-order chi connectivity index (χ1) is 16.7. The number of pyridine rings is 1. The molecule has 1 aromatic heterocycles. The number of benzene rings is 1. The van der Waals surface area contributed by atoms with Gasteiger partial charge in [-0.2, -0.15) is 0 Å². The van der Waals surface area contributed by atoms with Crippen LogP contribution in [0.3, 0.4) is 0 Å². The highest BCUT2D eigenvalue weighted by atomic mass is 19.3. The van der Waals surface area contributed by atoms with Crippen molar-refractivity contribution < 1.29 is 28.0 Å². The second-order valence-corrected chi connectivity index (χ2v) is 8.18. The maximum Gasteiger partial charge on any atom is 0.317 e. The number of likely N-dealkylation sites (tertiary alicyclic amines) is 1. The predicted molar refractivity (Wildman–Crippen MR) is 122 cm³/mol. The van der Waals surface area contributed by atoms with E-state index in [1.54, 1.807) is 54.7 Å². The van der Waals surface area contributed by atoms with Gasteiger partial charge in [0.1, 0.15) is 6.04 Å². The number of nitrogens with one attached hydrogen (secondary N) is 3. The Morgan fingerprint density at radius 1 is 0.971 bits per heavy atom. The number of alkyl halides is 2. The smallest absolute Gasteiger partial charge is 0.317 e. The minimum Gasteiger partial charge on any atom is -0.344 e. The lowest BCUT2D eigenvalue weighted by atomic mass is 10.0. The van der Waals surface area contributed by atoms with E-state index in [1.165, 1.54) is 4.90 Å². The van der Waals surface area contributed by atoms with Gasteiger partial charge in [-0.25, -0.2) is 13.6 Å². The molecule has 1 aliphatic heterocycles. The van der Waals surface area contributed by atoms with Crippen LogP contribution in [0.2, 0.25) is 0 Å². The highest BCUT2D eigenvalue weighted by molar-refractivity contribution is 6.38. The molecule has 9 nitrogen and oxygen atoms in total. The summed E-state index contributed by atoms with van der Waals surface area (Å²) in [7, 11) is 0. The minimum absolute atomic E-state index is 0.0440. The number of amides is 4. The molecule has 1 saturated heterocycles. The van der Waals surface area contributed by atoms with E-state index >= 15 is 0 Å². The molecule has 0 radical (unpaired) electrons. The van der Waals surface area contributed by atoms with Crippen LogP contribution in [0.15, 0.2) is 54.7 Å². The van der Waals surface area contributed by atoms with Crippen molar-refractivity contribution in [3.63, 3.8) is 0 Å². The summed E-state index contributed by atoms with van der Waals surface area (Å²) in [5, 5.41) is 7.37. The molecule has 3 rings (SSSR count). The third-order valence-electron chi connectivity index (χ3n) is 5.50. The fourth-order valence-corrected chi connectivity index (χ4v) is 3.53. The summed E-state index contributed by atoms with van der Waals surface area (Å²) < 4.78 is 26.6. The molecule has 2 heterocycles. The molecule has 1 fully saturated rings. The van der Waals surface area contributed by atoms with Crippen LogP contribution in [-0.2, 0) is 27.3 Å². The lowest BCUT2D eigenvalue weighted by molar-refractivity contribution is -0.140. The maximum absolute atomic E-state index is 13.3. The van der Waals surface area contributed by atoms with E-state index < -0.39 is 55.0 Å². The van der Waals surface area contributed by atoms with Gasteiger partial charge in [0.25, 0.3) is 11.8 Å². The highest BCUT2D eigenvalue weighted by Gasteiger charge is 2.35. The van der Waals surface area contributed by atoms with Gasteiger partial charge >= 0.3 is 6.03 Å². The molecule has 3 N–H and O–H groups in total. The molecule has 0 unspecified atom stereocenters. The number of Topliss-reactive ketones (excluding diaryl/α,β-unsaturated/α-hetero) is 1. The summed E-state index contributed by atoms with van der Waals surface area (Å²) in [6, 6.07) is 12.2. The van der Waals surface area contributed by atoms with Crippen molar-refractivity contribution in [2.45, 2.75) is 37.8 Å². The van der Waals surface area contributed by atoms with E-state index in [1.807, 2.05) is 0 Å². The summed E-state index contributed by atoms with van der Waals surface area (Å²) >= 11 is 0. The highest BCUT2D eigenvalue weighted by Crippen LogP contribution is 2.27. The Morgan fingerprint density at radius 3 is 2.31 bits per heavy atom. The van der Waals surface area contributed by atoms with Gasteiger partial charge in [0.2, 0.25) is 11.7 Å². The number of urea groups is 1. The van der Waals surface area contributed by atoms with E-state index in [2.05, 4.69) is 20.9 Å². The summed E-state index contributed by atoms with van der Waals surface area (Å²) in [5.74, 6) is -5.21. The van der Waals surface area contributed by atoms with Crippen molar-refractivity contribution in [2.24, 2.45) is 0 Å². The summed E-state index contributed by atoms with van der Waals surface area (Å²) in [5.41, 5.74) is 1.29. The van der Waals surface area contributed by atoms with Crippen molar-refractivity contribution in [1.82, 2.24) is 25.8 Å². The number of aromatic nitrogens is 1. The molecular weight excluding hydrogens is 460 g/mol. The van der Waals surface area contributed by atoms with Gasteiger partial charge in [-0.3, -0.25) is 19.4 Å². The van der Waals surface area contributed by atoms with Gasteiger partial charge in [0, 0.05) is 38.5 Å². The number of carbonyl (C=O) groups is 4. The van der Waals surface area contributed by atoms with Crippen LogP contribution < -0.4 is 16.0 Å². The van der Waals surface area contributed by atoms with Crippen molar-refractivity contribution >= 4 is 23.6 Å². The Morgan fingerprint density at radius 2 is 1.66 bits per heavy atom. The summed E-state index contributed by atoms with van der Waals surface area (Å²) in [6.07, 6.45) is 0.755. The van der Waals surface area contributed by atoms with Gasteiger partial charge < -0.3 is 20.9 Å². The Bertz CT molecular complexity index is 1030. The molecule has 0 aliphatic carbocycles. The van der Waals surface area contributed by atoms with Crippen LogP contribution in [0.5, 0.6) is 0 Å². The number of hydrogen-bond donors (Lipinski definition) is 3. The Labute approximate surface area is 201 Å². The molecule has 0 bridgehead atoms. The van der Waals surface area contributed by atoms with E-state index in [0.29, 0.717) is 5.69 Å². The summed E-state index contributed by atoms with van der Waals surface area (Å²) in [6.45, 7) is -0.666. The van der Waals surface area contributed by atoms with Crippen LogP contribution in [0.1, 0.15) is 24.1 Å². The number of hydrogen-bond acceptors (Lipinski definition) is 5. The van der Waals surface area contributed by atoms with Gasteiger partial charge in [0.15, 0.2) is 0 Å². The first-order valence-corrected chi connectivity index (χ1v) is 11.2. The summed E-state index contributed by atoms with van der Waals surface area (Å²) in [4.78, 5) is 55.3. The van der Waals surface area contributed by atoms with Crippen LogP contribution in [0.25, 0.3) is 0 Å². The third-order valence-corrected chi connectivity index (χ3v) is 5.50. The number of carbonyl (C=O) groups excluding carboxylic acids is 4. The molecule has 0 spiro atoms. The number of piperidine rings is 1. The average Bonchev–Trinajstić information content (AvgIpc) is 2.86. The van der Waals surface area contributed by atoms with Crippen LogP contribution in [-0.4, -0.2) is 65.1 Å². The van der Waals surface area contributed by atoms with E-state index in [4.69, 9.17) is 0 Å². The Hall–Kier alpha value is -3.89. The normalized spacial score (nSPS) is 15.5. The quantitative estimate of drug-likeness (QED) is 0.463. The second kappa shape index (κ2) is 12.0. The van der Waals surface area contributed by atoms with Gasteiger partial charge in [-0.1, -0.05) is 36.4 Å². The molecule has 1 atom stereocenters. The van der Waals surface area contributed by atoms with Gasteiger partial charge in [-0.05, 0) is 17.7 Å². The molecule has 2 aromatic rings. The van der Waals surface area contributed by atoms with Crippen LogP contribution >= 0.6 is 0 Å². The zero-order valence-corrected chi connectivity index (χ0v) is 19.0. The van der Waals surface area contributed by atoms with Gasteiger partial charge in [0.05, 0.1) is 18.8 Å². The lowest BCUT2D eigenvalue weighted by Crippen LogP contribution is -2.52. The SMILES string of the molecule is O=C(CNC(=O)N1CCC(F)(F)CC1)N[C@H](Cc1ccccc1)C(=O)C(=O)NCc1ccccn1. The molecule has 4 amide bonds. The first-order valence-electron chi connectivity index (χ1n) is 11.2. The van der Waals surface area contributed by atoms with Crippen molar-refractivity contribution in [1.29, 1.82) is 0 Å². The topological polar surface area (TPSA) is 121 Å². The van der Waals surface area contributed by atoms with Gasteiger partial charge in [-0.15, -0.1) is 0 Å². The fourth-order valence-electron chi connectivity index (χ4n) is 3.53. The number of nitrogens with zero attached hydrogens (tertiary/aromatic N) is 2. The number of halogens is 2. The van der Waals surface area contributed by atoms with Crippen LogP contribution in [0.4, 0.5) is 13.6 Å². The molecule has 1 aromatic carbocycles. The average molecular weight is 488 g/mol. The standard InChI is InChI=1S/C24H27F2N5O4/c25-24(26)9-12-31(13-10-24)23(35)29-16-20(32)30-19(14-17-6-2-1-3-7-17)21(33)22(34)28-15-18-8-4-5-11-27-18/h1-8,11,19H,9-10,12-16H2,(H,28,34)(H,29,35)(H,30,32)/t19-/m1/s1. The van der Waals surface area contributed by atoms with E-state index in [9.17, 15) is 28.0 Å². The molecule has 186 valence electrons. The van der Waals surface area contributed by atoms with Crippen LogP contribution in [0, 0.1) is 0 Å². The Kier molecular flexibility index (Phi) is 8.82. The molecule has 35 heavy (non-hydrogen) atoms. The number of ketones is 1. The number of rotatable bonds is 9. The molecule has 11 heteroatoms. The fraction of sp³-hybridized carbons (Fsp3) is 0.375. The molecular formula is C24H27F2N5O4.